The van der Waals surface area contributed by atoms with Gasteiger partial charge in [0.05, 0.1) is 25.7 Å². The average Bonchev–Trinajstić information content (AvgIpc) is 2.27. The van der Waals surface area contributed by atoms with Crippen molar-refractivity contribution >= 4 is 5.90 Å². The second-order valence-corrected chi connectivity index (χ2v) is 3.31. The normalized spacial score (nSPS) is 11.1. The van der Waals surface area contributed by atoms with Gasteiger partial charge in [-0.25, -0.2) is 5.41 Å². The molecule has 0 bridgehead atoms. The van der Waals surface area contributed by atoms with E-state index < -0.39 is 19.2 Å². The minimum Gasteiger partial charge on any atom is -0.493 e. The molecule has 3 nitrogen and oxygen atoms in total. The number of rotatable bonds is 4. The molecule has 1 rings (SSSR count). The van der Waals surface area contributed by atoms with Crippen molar-refractivity contribution in [1.29, 1.82) is 0 Å². The molecule has 0 amide bonds. The molecule has 6 heteroatoms. The van der Waals surface area contributed by atoms with E-state index in [0.717, 1.165) is 0 Å². The van der Waals surface area contributed by atoms with Gasteiger partial charge in [0.15, 0.2) is 0 Å². The van der Waals surface area contributed by atoms with Gasteiger partial charge in [-0.2, -0.15) is 13.2 Å². The van der Waals surface area contributed by atoms with Crippen LogP contribution in [0.25, 0.3) is 0 Å². The number of alkyl halides is 3. The summed E-state index contributed by atoms with van der Waals surface area (Å²) in [6.07, 6.45) is -5.17. The Labute approximate surface area is 96.7 Å². The van der Waals surface area contributed by atoms with E-state index in [9.17, 15) is 13.2 Å². The zero-order valence-corrected chi connectivity index (χ0v) is 9.25. The Morgan fingerprint density at radius 3 is 2.29 bits per heavy atom. The minimum atomic E-state index is -4.20. The molecule has 2 N–H and O–H groups in total. The smallest absolute Gasteiger partial charge is 0.392 e. The molecule has 0 fully saturated rings. The van der Waals surface area contributed by atoms with E-state index in [1.165, 1.54) is 19.2 Å². The first-order valence-corrected chi connectivity index (χ1v) is 4.89. The fourth-order valence-electron chi connectivity index (χ4n) is 1.12. The monoisotopic (exact) mass is 248 g/mol. The van der Waals surface area contributed by atoms with Crippen molar-refractivity contribution in [1.82, 2.24) is 0 Å². The number of hydrogen-bond donors (Lipinski definition) is 1. The number of ether oxygens (including phenoxy) is 2. The predicted octanol–water partition coefficient (Wildman–Crippen LogP) is 1.17. The summed E-state index contributed by atoms with van der Waals surface area (Å²) in [7, 11) is 1.43. The van der Waals surface area contributed by atoms with Gasteiger partial charge < -0.3 is 9.47 Å². The van der Waals surface area contributed by atoms with Gasteiger partial charge in [-0.05, 0) is 24.3 Å². The fourth-order valence-corrected chi connectivity index (χ4v) is 1.12. The summed E-state index contributed by atoms with van der Waals surface area (Å²) in [5.74, 6) is 0.605. The molecule has 0 saturated heterocycles. The van der Waals surface area contributed by atoms with Crippen LogP contribution in [0.3, 0.4) is 0 Å². The molecule has 1 aromatic carbocycles. The van der Waals surface area contributed by atoms with Crippen LogP contribution in [-0.2, 0) is 4.74 Å². The summed E-state index contributed by atoms with van der Waals surface area (Å²) >= 11 is 0. The predicted molar refractivity (Wildman–Crippen MR) is 55.7 cm³/mol. The van der Waals surface area contributed by atoms with Gasteiger partial charge in [-0.1, -0.05) is 0 Å². The van der Waals surface area contributed by atoms with E-state index in [0.29, 0.717) is 11.3 Å². The topological polar surface area (TPSA) is 44.0 Å². The number of nitrogens with two attached hydrogens (primary N) is 1. The van der Waals surface area contributed by atoms with Crippen LogP contribution in [-0.4, -0.2) is 25.8 Å². The molecule has 0 aromatic heterocycles. The van der Waals surface area contributed by atoms with Crippen LogP contribution >= 0.6 is 0 Å². The molecule has 0 spiro atoms. The molecular formula is C11H13F3NO2+. The Kier molecular flexibility index (Phi) is 4.37. The molecule has 1 aromatic rings. The van der Waals surface area contributed by atoms with Crippen molar-refractivity contribution in [3.63, 3.8) is 0 Å². The third-order valence-corrected chi connectivity index (χ3v) is 2.01. The molecule has 0 unspecified atom stereocenters. The van der Waals surface area contributed by atoms with E-state index in [1.54, 1.807) is 12.1 Å². The number of halogens is 3. The molecule has 17 heavy (non-hydrogen) atoms. The molecule has 0 aliphatic carbocycles. The Bertz CT molecular complexity index is 373. The molecule has 0 aliphatic rings. The number of benzene rings is 1. The zero-order chi connectivity index (χ0) is 12.9. The summed E-state index contributed by atoms with van der Waals surface area (Å²) in [4.78, 5) is 0. The van der Waals surface area contributed by atoms with Crippen molar-refractivity contribution in [3.05, 3.63) is 29.8 Å². The highest BCUT2D eigenvalue weighted by Crippen LogP contribution is 2.20. The van der Waals surface area contributed by atoms with Crippen molar-refractivity contribution in [2.75, 3.05) is 13.7 Å². The Morgan fingerprint density at radius 1 is 1.24 bits per heavy atom. The lowest BCUT2D eigenvalue weighted by Gasteiger charge is -2.08. The fraction of sp³-hybridized carbons (Fsp3) is 0.364. The summed E-state index contributed by atoms with van der Waals surface area (Å²) in [5, 5.41) is 5.51. The van der Waals surface area contributed by atoms with E-state index >= 15 is 0 Å². The maximum atomic E-state index is 11.9. The highest BCUT2D eigenvalue weighted by atomic mass is 19.4. The standard InChI is InChI=1S/C11H12F3NO2/c1-16-10(15)8-2-4-9(5-3-8)17-7-6-11(12,13)14/h2-5,15H,6-7H2,1H3/p+1. The molecule has 0 saturated carbocycles. The lowest BCUT2D eigenvalue weighted by molar-refractivity contribution is -0.139. The second kappa shape index (κ2) is 5.56. The molecule has 0 heterocycles. The van der Waals surface area contributed by atoms with Gasteiger partial charge in [0.25, 0.3) is 0 Å². The first-order chi connectivity index (χ1) is 7.92. The number of methoxy groups -OCH3 is 1. The third-order valence-electron chi connectivity index (χ3n) is 2.01. The van der Waals surface area contributed by atoms with Crippen molar-refractivity contribution in [2.45, 2.75) is 12.6 Å². The summed E-state index contributed by atoms with van der Waals surface area (Å²) in [6, 6.07) is 6.30. The molecule has 0 radical (unpaired) electrons. The lowest BCUT2D eigenvalue weighted by atomic mass is 10.2. The molecular weight excluding hydrogens is 235 g/mol. The molecule has 0 atom stereocenters. The first kappa shape index (κ1) is 13.3. The Hall–Kier alpha value is -1.72. The van der Waals surface area contributed by atoms with Gasteiger partial charge in [0, 0.05) is 0 Å². The van der Waals surface area contributed by atoms with E-state index in [1.807, 2.05) is 0 Å². The van der Waals surface area contributed by atoms with E-state index in [2.05, 4.69) is 0 Å². The van der Waals surface area contributed by atoms with Crippen molar-refractivity contribution in [2.24, 2.45) is 0 Å². The SMILES string of the molecule is COC(=[NH2+])c1ccc(OCCC(F)(F)F)cc1. The highest BCUT2D eigenvalue weighted by molar-refractivity contribution is 5.89. The van der Waals surface area contributed by atoms with Gasteiger partial charge in [-0.3, -0.25) is 0 Å². The molecule has 0 aliphatic heterocycles. The van der Waals surface area contributed by atoms with Gasteiger partial charge in [-0.15, -0.1) is 0 Å². The van der Waals surface area contributed by atoms with E-state index in [4.69, 9.17) is 14.9 Å². The Balaban J connectivity index is 2.49. The zero-order valence-electron chi connectivity index (χ0n) is 9.25. The first-order valence-electron chi connectivity index (χ1n) is 4.89. The quantitative estimate of drug-likeness (QED) is 0.642. The van der Waals surface area contributed by atoms with Crippen LogP contribution in [0.4, 0.5) is 13.2 Å². The van der Waals surface area contributed by atoms with Crippen molar-refractivity contribution in [3.8, 4) is 5.75 Å². The van der Waals surface area contributed by atoms with Crippen LogP contribution in [0.1, 0.15) is 12.0 Å². The number of hydrogen-bond acceptors (Lipinski definition) is 2. The van der Waals surface area contributed by atoms with Gasteiger partial charge >= 0.3 is 12.1 Å². The van der Waals surface area contributed by atoms with E-state index in [-0.39, 0.29) is 5.90 Å². The lowest BCUT2D eigenvalue weighted by Crippen LogP contribution is -2.41. The third kappa shape index (κ3) is 4.76. The average molecular weight is 248 g/mol. The Morgan fingerprint density at radius 2 is 1.82 bits per heavy atom. The van der Waals surface area contributed by atoms with Crippen LogP contribution in [0.15, 0.2) is 24.3 Å². The van der Waals surface area contributed by atoms with Crippen LogP contribution in [0.2, 0.25) is 0 Å². The molecule has 94 valence electrons. The summed E-state index contributed by atoms with van der Waals surface area (Å²) in [6.45, 7) is -0.397. The van der Waals surface area contributed by atoms with Gasteiger partial charge in [0.2, 0.25) is 0 Å². The second-order valence-electron chi connectivity index (χ2n) is 3.31. The van der Waals surface area contributed by atoms with Crippen LogP contribution in [0.5, 0.6) is 5.75 Å². The maximum absolute atomic E-state index is 11.9. The van der Waals surface area contributed by atoms with Crippen LogP contribution < -0.4 is 10.1 Å². The summed E-state index contributed by atoms with van der Waals surface area (Å²) in [5.41, 5.74) is 0.649. The summed E-state index contributed by atoms with van der Waals surface area (Å²) < 4.78 is 45.3. The maximum Gasteiger partial charge on any atom is 0.392 e. The largest absolute Gasteiger partial charge is 0.493 e. The highest BCUT2D eigenvalue weighted by Gasteiger charge is 2.26. The minimum absolute atomic E-state index is 0.242. The van der Waals surface area contributed by atoms with Crippen molar-refractivity contribution < 1.29 is 28.1 Å². The van der Waals surface area contributed by atoms with Crippen LogP contribution in [0, 0.1) is 0 Å². The van der Waals surface area contributed by atoms with Gasteiger partial charge in [0.1, 0.15) is 5.75 Å².